The Kier molecular flexibility index (Phi) is 4.32. The number of hydrogen-bond acceptors (Lipinski definition) is 4. The SMILES string of the molecule is CCNC(C)(Cn1cnc2cc(C)c(C)cc21)C(=O)OC. The minimum absolute atomic E-state index is 0.268. The van der Waals surface area contributed by atoms with Crippen molar-refractivity contribution >= 4 is 17.0 Å². The van der Waals surface area contributed by atoms with Gasteiger partial charge in [-0.25, -0.2) is 9.78 Å². The first-order chi connectivity index (χ1) is 9.91. The lowest BCUT2D eigenvalue weighted by atomic mass is 10.0. The Labute approximate surface area is 125 Å². The van der Waals surface area contributed by atoms with Crippen molar-refractivity contribution in [3.05, 3.63) is 29.6 Å². The molecule has 0 aliphatic rings. The van der Waals surface area contributed by atoms with Gasteiger partial charge in [-0.05, 0) is 50.6 Å². The van der Waals surface area contributed by atoms with Crippen LogP contribution >= 0.6 is 0 Å². The molecule has 1 heterocycles. The lowest BCUT2D eigenvalue weighted by Gasteiger charge is -2.28. The molecule has 0 bridgehead atoms. The van der Waals surface area contributed by atoms with Gasteiger partial charge in [0.15, 0.2) is 0 Å². The average molecular weight is 289 g/mol. The molecule has 0 fully saturated rings. The topological polar surface area (TPSA) is 56.2 Å². The monoisotopic (exact) mass is 289 g/mol. The van der Waals surface area contributed by atoms with Crippen LogP contribution in [0.2, 0.25) is 0 Å². The minimum atomic E-state index is -0.768. The van der Waals surface area contributed by atoms with E-state index in [1.807, 2.05) is 18.4 Å². The summed E-state index contributed by atoms with van der Waals surface area (Å²) in [4.78, 5) is 16.5. The number of rotatable bonds is 5. The number of benzene rings is 1. The standard InChI is InChI=1S/C16H23N3O2/c1-6-18-16(4,15(20)21-5)9-19-10-17-13-7-11(2)12(3)8-14(13)19/h7-8,10,18H,6,9H2,1-5H3. The second kappa shape index (κ2) is 5.85. The largest absolute Gasteiger partial charge is 0.468 e. The van der Waals surface area contributed by atoms with Crippen molar-refractivity contribution in [2.75, 3.05) is 13.7 Å². The molecule has 0 radical (unpaired) electrons. The van der Waals surface area contributed by atoms with E-state index in [1.54, 1.807) is 6.33 Å². The molecule has 1 atom stereocenters. The fraction of sp³-hybridized carbons (Fsp3) is 0.500. The van der Waals surface area contributed by atoms with Gasteiger partial charge in [0.25, 0.3) is 0 Å². The van der Waals surface area contributed by atoms with Crippen LogP contribution in [0.5, 0.6) is 0 Å². The Morgan fingerprint density at radius 1 is 1.38 bits per heavy atom. The number of methoxy groups -OCH3 is 1. The van der Waals surface area contributed by atoms with E-state index in [1.165, 1.54) is 18.2 Å². The number of aryl methyl sites for hydroxylation is 2. The number of ether oxygens (including phenoxy) is 1. The third-order valence-electron chi connectivity index (χ3n) is 3.93. The van der Waals surface area contributed by atoms with E-state index in [0.29, 0.717) is 13.1 Å². The molecule has 1 N–H and O–H groups in total. The van der Waals surface area contributed by atoms with Gasteiger partial charge in [0.1, 0.15) is 5.54 Å². The number of nitrogens with one attached hydrogen (secondary N) is 1. The molecule has 0 aliphatic carbocycles. The zero-order chi connectivity index (χ0) is 15.6. The molecule has 0 saturated heterocycles. The quantitative estimate of drug-likeness (QED) is 0.857. The summed E-state index contributed by atoms with van der Waals surface area (Å²) in [6.07, 6.45) is 1.78. The highest BCUT2D eigenvalue weighted by Crippen LogP contribution is 2.21. The maximum atomic E-state index is 12.1. The van der Waals surface area contributed by atoms with Gasteiger partial charge in [0, 0.05) is 0 Å². The zero-order valence-electron chi connectivity index (χ0n) is 13.4. The van der Waals surface area contributed by atoms with Crippen LogP contribution in [0.1, 0.15) is 25.0 Å². The third-order valence-corrected chi connectivity index (χ3v) is 3.93. The van der Waals surface area contributed by atoms with Crippen molar-refractivity contribution < 1.29 is 9.53 Å². The summed E-state index contributed by atoms with van der Waals surface area (Å²) in [5.41, 5.74) is 3.64. The van der Waals surface area contributed by atoms with E-state index in [2.05, 4.69) is 36.3 Å². The molecule has 2 aromatic rings. The first-order valence-corrected chi connectivity index (χ1v) is 7.17. The highest BCUT2D eigenvalue weighted by Gasteiger charge is 2.34. The Morgan fingerprint density at radius 2 is 2.05 bits per heavy atom. The molecule has 5 nitrogen and oxygen atoms in total. The molecule has 1 unspecified atom stereocenters. The fourth-order valence-corrected chi connectivity index (χ4v) is 2.59. The number of likely N-dealkylation sites (N-methyl/N-ethyl adjacent to an activating group) is 1. The van der Waals surface area contributed by atoms with Gasteiger partial charge in [-0.15, -0.1) is 0 Å². The number of carbonyl (C=O) groups excluding carboxylic acids is 1. The van der Waals surface area contributed by atoms with Crippen molar-refractivity contribution in [3.63, 3.8) is 0 Å². The summed E-state index contributed by atoms with van der Waals surface area (Å²) in [6.45, 7) is 9.15. The number of hydrogen-bond donors (Lipinski definition) is 1. The number of carbonyl (C=O) groups is 1. The van der Waals surface area contributed by atoms with Crippen LogP contribution in [0.4, 0.5) is 0 Å². The number of fused-ring (bicyclic) bond motifs is 1. The smallest absolute Gasteiger partial charge is 0.327 e. The van der Waals surface area contributed by atoms with Gasteiger partial charge in [-0.2, -0.15) is 0 Å². The predicted octanol–water partition coefficient (Wildman–Crippen LogP) is 2.19. The first kappa shape index (κ1) is 15.5. The van der Waals surface area contributed by atoms with Crippen molar-refractivity contribution in [1.29, 1.82) is 0 Å². The van der Waals surface area contributed by atoms with Crippen LogP contribution in [-0.4, -0.2) is 34.7 Å². The molecule has 2 rings (SSSR count). The Morgan fingerprint density at radius 3 is 2.67 bits per heavy atom. The Balaban J connectivity index is 2.42. The molecular formula is C16H23N3O2. The molecule has 0 spiro atoms. The van der Waals surface area contributed by atoms with Gasteiger partial charge in [-0.1, -0.05) is 6.92 Å². The van der Waals surface area contributed by atoms with E-state index in [-0.39, 0.29) is 5.97 Å². The molecule has 0 aliphatic heterocycles. The van der Waals surface area contributed by atoms with Crippen molar-refractivity contribution in [2.45, 2.75) is 39.8 Å². The molecule has 114 valence electrons. The van der Waals surface area contributed by atoms with Gasteiger partial charge in [0.05, 0.1) is 31.0 Å². The first-order valence-electron chi connectivity index (χ1n) is 7.17. The number of imidazole rings is 1. The zero-order valence-corrected chi connectivity index (χ0v) is 13.4. The highest BCUT2D eigenvalue weighted by atomic mass is 16.5. The maximum Gasteiger partial charge on any atom is 0.327 e. The summed E-state index contributed by atoms with van der Waals surface area (Å²) in [5, 5.41) is 3.22. The fourth-order valence-electron chi connectivity index (χ4n) is 2.59. The van der Waals surface area contributed by atoms with Crippen LogP contribution in [0, 0.1) is 13.8 Å². The van der Waals surface area contributed by atoms with E-state index < -0.39 is 5.54 Å². The van der Waals surface area contributed by atoms with Gasteiger partial charge in [0.2, 0.25) is 0 Å². The van der Waals surface area contributed by atoms with E-state index in [4.69, 9.17) is 4.74 Å². The summed E-state index contributed by atoms with van der Waals surface area (Å²) in [7, 11) is 1.41. The summed E-state index contributed by atoms with van der Waals surface area (Å²) >= 11 is 0. The Bertz CT molecular complexity index is 663. The maximum absolute atomic E-state index is 12.1. The summed E-state index contributed by atoms with van der Waals surface area (Å²) < 4.78 is 6.94. The van der Waals surface area contributed by atoms with Gasteiger partial charge in [-0.3, -0.25) is 0 Å². The summed E-state index contributed by atoms with van der Waals surface area (Å²) in [5.74, 6) is -0.268. The minimum Gasteiger partial charge on any atom is -0.468 e. The Hall–Kier alpha value is -1.88. The lowest BCUT2D eigenvalue weighted by molar-refractivity contribution is -0.148. The predicted molar refractivity (Wildman–Crippen MR) is 83.3 cm³/mol. The normalized spacial score (nSPS) is 14.1. The van der Waals surface area contributed by atoms with Gasteiger partial charge < -0.3 is 14.6 Å². The number of aromatic nitrogens is 2. The van der Waals surface area contributed by atoms with E-state index in [9.17, 15) is 4.79 Å². The molecule has 1 aromatic heterocycles. The van der Waals surface area contributed by atoms with Crippen LogP contribution < -0.4 is 5.32 Å². The highest BCUT2D eigenvalue weighted by molar-refractivity contribution is 5.81. The molecule has 21 heavy (non-hydrogen) atoms. The summed E-state index contributed by atoms with van der Waals surface area (Å²) in [6, 6.07) is 4.19. The van der Waals surface area contributed by atoms with E-state index >= 15 is 0 Å². The van der Waals surface area contributed by atoms with Crippen LogP contribution in [0.25, 0.3) is 11.0 Å². The second-order valence-electron chi connectivity index (χ2n) is 5.65. The second-order valence-corrected chi connectivity index (χ2v) is 5.65. The lowest BCUT2D eigenvalue weighted by Crippen LogP contribution is -2.53. The van der Waals surface area contributed by atoms with Crippen molar-refractivity contribution in [1.82, 2.24) is 14.9 Å². The molecule has 0 amide bonds. The van der Waals surface area contributed by atoms with Crippen LogP contribution in [0.15, 0.2) is 18.5 Å². The van der Waals surface area contributed by atoms with Crippen LogP contribution in [0.3, 0.4) is 0 Å². The number of esters is 1. The van der Waals surface area contributed by atoms with Crippen LogP contribution in [-0.2, 0) is 16.1 Å². The van der Waals surface area contributed by atoms with Gasteiger partial charge >= 0.3 is 5.97 Å². The average Bonchev–Trinajstić information content (AvgIpc) is 2.81. The van der Waals surface area contributed by atoms with E-state index in [0.717, 1.165) is 11.0 Å². The molecule has 5 heteroatoms. The van der Waals surface area contributed by atoms with Crippen molar-refractivity contribution in [2.24, 2.45) is 0 Å². The van der Waals surface area contributed by atoms with Crippen molar-refractivity contribution in [3.8, 4) is 0 Å². The number of nitrogens with zero attached hydrogens (tertiary/aromatic N) is 2. The molecule has 1 aromatic carbocycles. The molecular weight excluding hydrogens is 266 g/mol. The third kappa shape index (κ3) is 2.93. The molecule has 0 saturated carbocycles.